The van der Waals surface area contributed by atoms with Crippen LogP contribution in [-0.4, -0.2) is 20.2 Å². The smallest absolute Gasteiger partial charge is 0.261 e. The van der Waals surface area contributed by atoms with Gasteiger partial charge in [0, 0.05) is 5.56 Å². The number of para-hydroxylation sites is 1. The molecule has 8 heteroatoms. The zero-order valence-electron chi connectivity index (χ0n) is 21.4. The van der Waals surface area contributed by atoms with E-state index in [0.717, 1.165) is 11.1 Å². The van der Waals surface area contributed by atoms with Crippen LogP contribution in [0, 0.1) is 13.8 Å². The third-order valence-electron chi connectivity index (χ3n) is 6.13. The zero-order chi connectivity index (χ0) is 27.3. The van der Waals surface area contributed by atoms with Crippen LogP contribution in [-0.2, 0) is 10.0 Å². The molecule has 0 radical (unpaired) electrons. The van der Waals surface area contributed by atoms with Gasteiger partial charge in [-0.1, -0.05) is 60.2 Å². The van der Waals surface area contributed by atoms with Crippen molar-refractivity contribution in [2.45, 2.75) is 31.7 Å². The molecule has 0 aromatic heterocycles. The van der Waals surface area contributed by atoms with Crippen LogP contribution in [0.5, 0.6) is 0 Å². The van der Waals surface area contributed by atoms with Crippen LogP contribution >= 0.6 is 0 Å². The molecular weight excluding hydrogens is 498 g/mol. The van der Waals surface area contributed by atoms with Gasteiger partial charge in [-0.25, -0.2) is 8.42 Å². The van der Waals surface area contributed by atoms with Gasteiger partial charge in [-0.3, -0.25) is 14.3 Å². The van der Waals surface area contributed by atoms with E-state index in [1.807, 2.05) is 44.2 Å². The lowest BCUT2D eigenvalue weighted by molar-refractivity contribution is 0.0940. The third-order valence-corrected chi connectivity index (χ3v) is 7.51. The van der Waals surface area contributed by atoms with Crippen LogP contribution in [0.15, 0.2) is 102 Å². The Morgan fingerprint density at radius 1 is 0.737 bits per heavy atom. The predicted octanol–water partition coefficient (Wildman–Crippen LogP) is 5.85. The number of amides is 2. The highest BCUT2D eigenvalue weighted by Gasteiger charge is 2.19. The highest BCUT2D eigenvalue weighted by atomic mass is 32.2. The van der Waals surface area contributed by atoms with Crippen molar-refractivity contribution in [1.29, 1.82) is 0 Å². The molecule has 4 rings (SSSR count). The number of sulfonamides is 1. The first kappa shape index (κ1) is 26.6. The number of nitrogens with one attached hydrogen (secondary N) is 3. The quantitative estimate of drug-likeness (QED) is 0.267. The zero-order valence-corrected chi connectivity index (χ0v) is 22.2. The molecule has 4 aromatic rings. The molecule has 0 aliphatic heterocycles. The molecule has 1 atom stereocenters. The van der Waals surface area contributed by atoms with Crippen LogP contribution in [0.1, 0.15) is 50.4 Å². The number of carbonyl (C=O) groups is 2. The molecule has 194 valence electrons. The number of carbonyl (C=O) groups excluding carboxylic acids is 2. The maximum Gasteiger partial charge on any atom is 0.261 e. The Hall–Kier alpha value is -4.43. The van der Waals surface area contributed by atoms with Gasteiger partial charge < -0.3 is 10.6 Å². The first-order valence-corrected chi connectivity index (χ1v) is 13.6. The Morgan fingerprint density at radius 2 is 1.39 bits per heavy atom. The fraction of sp³-hybridized carbons (Fsp3) is 0.133. The van der Waals surface area contributed by atoms with Crippen LogP contribution in [0.4, 0.5) is 11.4 Å². The second-order valence-electron chi connectivity index (χ2n) is 9.05. The Bertz CT molecular complexity index is 1570. The SMILES string of the molecule is Cc1ccc(S(=O)(=O)Nc2ccc(C(=O)Nc3ccccc3C(=O)N[C@@H](C)c3ccccc3)cc2C)cc1. The summed E-state index contributed by atoms with van der Waals surface area (Å²) in [5.74, 6) is -0.730. The van der Waals surface area contributed by atoms with E-state index in [-0.39, 0.29) is 16.8 Å². The van der Waals surface area contributed by atoms with Gasteiger partial charge in [0.15, 0.2) is 0 Å². The minimum atomic E-state index is -3.77. The Balaban J connectivity index is 1.48. The Kier molecular flexibility index (Phi) is 7.93. The number of aryl methyl sites for hydroxylation is 2. The van der Waals surface area contributed by atoms with Crippen molar-refractivity contribution >= 4 is 33.2 Å². The van der Waals surface area contributed by atoms with Crippen molar-refractivity contribution in [3.63, 3.8) is 0 Å². The molecule has 2 amide bonds. The molecule has 3 N–H and O–H groups in total. The molecule has 38 heavy (non-hydrogen) atoms. The lowest BCUT2D eigenvalue weighted by Gasteiger charge is -2.17. The molecule has 0 spiro atoms. The molecule has 7 nitrogen and oxygen atoms in total. The van der Waals surface area contributed by atoms with Gasteiger partial charge in [-0.05, 0) is 74.4 Å². The molecule has 0 bridgehead atoms. The number of hydrogen-bond donors (Lipinski definition) is 3. The lowest BCUT2D eigenvalue weighted by Crippen LogP contribution is -2.28. The maximum atomic E-state index is 13.1. The predicted molar refractivity (Wildman–Crippen MR) is 150 cm³/mol. The topological polar surface area (TPSA) is 104 Å². The van der Waals surface area contributed by atoms with Gasteiger partial charge in [0.2, 0.25) is 0 Å². The van der Waals surface area contributed by atoms with Crippen LogP contribution < -0.4 is 15.4 Å². The van der Waals surface area contributed by atoms with E-state index >= 15 is 0 Å². The number of rotatable bonds is 8. The van der Waals surface area contributed by atoms with Gasteiger partial charge >= 0.3 is 0 Å². The van der Waals surface area contributed by atoms with Crippen LogP contribution in [0.25, 0.3) is 0 Å². The number of hydrogen-bond acceptors (Lipinski definition) is 4. The largest absolute Gasteiger partial charge is 0.345 e. The summed E-state index contributed by atoms with van der Waals surface area (Å²) in [6.07, 6.45) is 0. The summed E-state index contributed by atoms with van der Waals surface area (Å²) in [4.78, 5) is 26.2. The van der Waals surface area contributed by atoms with E-state index in [2.05, 4.69) is 15.4 Å². The fourth-order valence-electron chi connectivity index (χ4n) is 3.92. The van der Waals surface area contributed by atoms with Gasteiger partial charge in [-0.2, -0.15) is 0 Å². The van der Waals surface area contributed by atoms with E-state index in [4.69, 9.17) is 0 Å². The average Bonchev–Trinajstić information content (AvgIpc) is 2.90. The number of anilines is 2. The summed E-state index contributed by atoms with van der Waals surface area (Å²) in [6.45, 7) is 5.50. The van der Waals surface area contributed by atoms with Crippen LogP contribution in [0.2, 0.25) is 0 Å². The molecule has 4 aromatic carbocycles. The van der Waals surface area contributed by atoms with E-state index < -0.39 is 15.9 Å². The molecule has 0 aliphatic rings. The highest BCUT2D eigenvalue weighted by molar-refractivity contribution is 7.92. The number of benzene rings is 4. The summed E-state index contributed by atoms with van der Waals surface area (Å²) in [7, 11) is -3.77. The average molecular weight is 528 g/mol. The second-order valence-corrected chi connectivity index (χ2v) is 10.7. The van der Waals surface area contributed by atoms with Gasteiger partial charge in [0.25, 0.3) is 21.8 Å². The summed E-state index contributed by atoms with van der Waals surface area (Å²) in [6, 6.07) is 27.4. The third kappa shape index (κ3) is 6.27. The van der Waals surface area contributed by atoms with Crippen molar-refractivity contribution in [3.8, 4) is 0 Å². The minimum absolute atomic E-state index is 0.154. The van der Waals surface area contributed by atoms with Crippen molar-refractivity contribution in [3.05, 3.63) is 125 Å². The van der Waals surface area contributed by atoms with E-state index in [0.29, 0.717) is 28.1 Å². The highest BCUT2D eigenvalue weighted by Crippen LogP contribution is 2.23. The summed E-state index contributed by atoms with van der Waals surface area (Å²) >= 11 is 0. The standard InChI is InChI=1S/C30H29N3O4S/c1-20-13-16-25(17-14-20)38(36,37)33-27-18-15-24(19-21(27)2)29(34)32-28-12-8-7-11-26(28)30(35)31-22(3)23-9-5-4-6-10-23/h4-19,22,33H,1-3H3,(H,31,35)(H,32,34)/t22-/m0/s1. The molecule has 0 unspecified atom stereocenters. The van der Waals surface area contributed by atoms with Crippen molar-refractivity contribution in [2.75, 3.05) is 10.0 Å². The van der Waals surface area contributed by atoms with E-state index in [1.165, 1.54) is 6.07 Å². The molecule has 0 saturated heterocycles. The Morgan fingerprint density at radius 3 is 2.08 bits per heavy atom. The van der Waals surface area contributed by atoms with Gasteiger partial charge in [0.1, 0.15) is 0 Å². The summed E-state index contributed by atoms with van der Waals surface area (Å²) in [5, 5.41) is 5.77. The summed E-state index contributed by atoms with van der Waals surface area (Å²) in [5.41, 5.74) is 3.91. The van der Waals surface area contributed by atoms with Gasteiger partial charge in [0.05, 0.1) is 27.9 Å². The van der Waals surface area contributed by atoms with Crippen LogP contribution in [0.3, 0.4) is 0 Å². The van der Waals surface area contributed by atoms with E-state index in [1.54, 1.807) is 67.6 Å². The monoisotopic (exact) mass is 527 g/mol. The van der Waals surface area contributed by atoms with Crippen molar-refractivity contribution in [2.24, 2.45) is 0 Å². The van der Waals surface area contributed by atoms with Gasteiger partial charge in [-0.15, -0.1) is 0 Å². The Labute approximate surface area is 223 Å². The van der Waals surface area contributed by atoms with E-state index in [9.17, 15) is 18.0 Å². The first-order valence-electron chi connectivity index (χ1n) is 12.1. The lowest BCUT2D eigenvalue weighted by atomic mass is 10.1. The molecule has 0 fully saturated rings. The van der Waals surface area contributed by atoms with Crippen molar-refractivity contribution < 1.29 is 18.0 Å². The second kappa shape index (κ2) is 11.3. The summed E-state index contributed by atoms with van der Waals surface area (Å²) < 4.78 is 28.1. The van der Waals surface area contributed by atoms with Crippen molar-refractivity contribution in [1.82, 2.24) is 5.32 Å². The molecule has 0 aliphatic carbocycles. The molecular formula is C30H29N3O4S. The molecule has 0 saturated carbocycles. The first-order chi connectivity index (χ1) is 18.1. The molecule has 0 heterocycles. The fourth-order valence-corrected chi connectivity index (χ4v) is 5.06. The minimum Gasteiger partial charge on any atom is -0.345 e. The maximum absolute atomic E-state index is 13.1. The normalized spacial score (nSPS) is 11.9.